The van der Waals surface area contributed by atoms with Gasteiger partial charge in [0.05, 0.1) is 0 Å². The van der Waals surface area contributed by atoms with E-state index in [1.165, 1.54) is 17.7 Å². The van der Waals surface area contributed by atoms with Gasteiger partial charge in [-0.1, -0.05) is 12.8 Å². The van der Waals surface area contributed by atoms with E-state index >= 15 is 0 Å². The number of hydrogen-bond acceptors (Lipinski definition) is 3. The fraction of sp³-hybridized carbons (Fsp3) is 0.846. The van der Waals surface area contributed by atoms with E-state index in [0.717, 1.165) is 19.3 Å². The standard InChI is InChI=1S/C13H22N2O3S/c1-19-13(6-2-3-7-13)9-14-12(18)15-8-4-5-10(15)11(16)17/h10H,2-9H2,1H3,(H,14,18)(H,16,17). The number of carbonyl (C=O) groups is 2. The Bertz CT molecular complexity index is 356. The molecule has 0 aromatic heterocycles. The summed E-state index contributed by atoms with van der Waals surface area (Å²) in [5.74, 6) is -0.895. The van der Waals surface area contributed by atoms with E-state index in [2.05, 4.69) is 11.6 Å². The van der Waals surface area contributed by atoms with E-state index in [4.69, 9.17) is 5.11 Å². The Morgan fingerprint density at radius 3 is 2.63 bits per heavy atom. The maximum atomic E-state index is 12.1. The summed E-state index contributed by atoms with van der Waals surface area (Å²) in [4.78, 5) is 24.7. The van der Waals surface area contributed by atoms with Crippen molar-refractivity contribution in [1.82, 2.24) is 10.2 Å². The first-order chi connectivity index (χ1) is 9.08. The molecule has 19 heavy (non-hydrogen) atoms. The zero-order valence-electron chi connectivity index (χ0n) is 11.4. The number of aliphatic carboxylic acids is 1. The molecule has 108 valence electrons. The predicted octanol–water partition coefficient (Wildman–Crippen LogP) is 1.92. The summed E-state index contributed by atoms with van der Waals surface area (Å²) < 4.78 is 0.161. The van der Waals surface area contributed by atoms with Crippen molar-refractivity contribution in [3.8, 4) is 0 Å². The number of nitrogens with zero attached hydrogens (tertiary/aromatic N) is 1. The van der Waals surface area contributed by atoms with E-state index in [9.17, 15) is 9.59 Å². The topological polar surface area (TPSA) is 69.6 Å². The highest BCUT2D eigenvalue weighted by molar-refractivity contribution is 8.00. The monoisotopic (exact) mass is 286 g/mol. The molecule has 1 unspecified atom stereocenters. The van der Waals surface area contributed by atoms with Gasteiger partial charge >= 0.3 is 12.0 Å². The highest BCUT2D eigenvalue weighted by Gasteiger charge is 2.37. The van der Waals surface area contributed by atoms with Crippen LogP contribution in [-0.2, 0) is 4.79 Å². The van der Waals surface area contributed by atoms with Gasteiger partial charge in [0, 0.05) is 17.8 Å². The number of carboxylic acids is 1. The van der Waals surface area contributed by atoms with Gasteiger partial charge in [-0.2, -0.15) is 11.8 Å². The first-order valence-electron chi connectivity index (χ1n) is 6.90. The fourth-order valence-corrected chi connectivity index (χ4v) is 3.99. The molecule has 2 fully saturated rings. The van der Waals surface area contributed by atoms with Gasteiger partial charge in [0.1, 0.15) is 6.04 Å². The first kappa shape index (κ1) is 14.5. The van der Waals surface area contributed by atoms with E-state index in [0.29, 0.717) is 19.5 Å². The van der Waals surface area contributed by atoms with Crippen LogP contribution in [-0.4, -0.2) is 52.1 Å². The van der Waals surface area contributed by atoms with Crippen molar-refractivity contribution in [2.24, 2.45) is 0 Å². The average Bonchev–Trinajstić information content (AvgIpc) is 3.05. The molecule has 0 aromatic rings. The maximum absolute atomic E-state index is 12.1. The highest BCUT2D eigenvalue weighted by Crippen LogP contribution is 2.39. The van der Waals surface area contributed by atoms with E-state index in [1.54, 1.807) is 0 Å². The number of likely N-dealkylation sites (tertiary alicyclic amines) is 1. The molecule has 6 heteroatoms. The lowest BCUT2D eigenvalue weighted by atomic mass is 10.1. The van der Waals surface area contributed by atoms with Crippen LogP contribution in [0.15, 0.2) is 0 Å². The minimum atomic E-state index is -0.895. The Morgan fingerprint density at radius 1 is 1.37 bits per heavy atom. The van der Waals surface area contributed by atoms with Crippen molar-refractivity contribution >= 4 is 23.8 Å². The van der Waals surface area contributed by atoms with Crippen molar-refractivity contribution in [3.63, 3.8) is 0 Å². The van der Waals surface area contributed by atoms with E-state index in [1.807, 2.05) is 11.8 Å². The van der Waals surface area contributed by atoms with Gasteiger partial charge < -0.3 is 15.3 Å². The largest absolute Gasteiger partial charge is 0.480 e. The highest BCUT2D eigenvalue weighted by atomic mass is 32.2. The van der Waals surface area contributed by atoms with Crippen LogP contribution in [0.1, 0.15) is 38.5 Å². The zero-order valence-corrected chi connectivity index (χ0v) is 12.2. The molecule has 1 heterocycles. The molecule has 1 saturated heterocycles. The van der Waals surface area contributed by atoms with Crippen molar-refractivity contribution in [2.75, 3.05) is 19.3 Å². The molecule has 1 saturated carbocycles. The number of carbonyl (C=O) groups excluding carboxylic acids is 1. The van der Waals surface area contributed by atoms with Gasteiger partial charge in [0.2, 0.25) is 0 Å². The second kappa shape index (κ2) is 6.03. The maximum Gasteiger partial charge on any atom is 0.326 e. The molecular weight excluding hydrogens is 264 g/mol. The SMILES string of the molecule is CSC1(CNC(=O)N2CCCC2C(=O)O)CCCC1. The molecule has 1 aliphatic carbocycles. The Hall–Kier alpha value is -0.910. The average molecular weight is 286 g/mol. The smallest absolute Gasteiger partial charge is 0.326 e. The summed E-state index contributed by atoms with van der Waals surface area (Å²) >= 11 is 1.82. The third-order valence-electron chi connectivity index (χ3n) is 4.31. The minimum Gasteiger partial charge on any atom is -0.480 e. The number of urea groups is 1. The van der Waals surface area contributed by atoms with Crippen LogP contribution < -0.4 is 5.32 Å². The molecule has 0 radical (unpaired) electrons. The molecule has 2 rings (SSSR count). The molecule has 1 aliphatic heterocycles. The summed E-state index contributed by atoms with van der Waals surface area (Å²) in [6.07, 6.45) is 8.14. The molecule has 2 amide bonds. The van der Waals surface area contributed by atoms with Crippen LogP contribution in [0.4, 0.5) is 4.79 Å². The zero-order chi connectivity index (χ0) is 13.9. The van der Waals surface area contributed by atoms with Crippen molar-refractivity contribution < 1.29 is 14.7 Å². The lowest BCUT2D eigenvalue weighted by molar-refractivity contribution is -0.141. The Labute approximate surface area is 118 Å². The second-order valence-corrected chi connectivity index (χ2v) is 6.72. The Kier molecular flexibility index (Phi) is 4.60. The summed E-state index contributed by atoms with van der Waals surface area (Å²) in [7, 11) is 0. The van der Waals surface area contributed by atoms with Gasteiger partial charge in [-0.3, -0.25) is 0 Å². The molecule has 0 aromatic carbocycles. The molecule has 1 atom stereocenters. The molecule has 2 aliphatic rings. The van der Waals surface area contributed by atoms with Crippen molar-refractivity contribution in [2.45, 2.75) is 49.3 Å². The van der Waals surface area contributed by atoms with Gasteiger partial charge in [-0.15, -0.1) is 0 Å². The summed E-state index contributed by atoms with van der Waals surface area (Å²) in [6, 6.07) is -0.862. The van der Waals surface area contributed by atoms with Crippen LogP contribution in [0.5, 0.6) is 0 Å². The number of nitrogens with one attached hydrogen (secondary N) is 1. The lowest BCUT2D eigenvalue weighted by Gasteiger charge is -2.29. The van der Waals surface area contributed by atoms with Crippen molar-refractivity contribution in [3.05, 3.63) is 0 Å². The van der Waals surface area contributed by atoms with E-state index < -0.39 is 12.0 Å². The number of thioether (sulfide) groups is 1. The van der Waals surface area contributed by atoms with Crippen LogP contribution in [0.25, 0.3) is 0 Å². The van der Waals surface area contributed by atoms with Gasteiger partial charge in [0.25, 0.3) is 0 Å². The predicted molar refractivity (Wildman–Crippen MR) is 75.5 cm³/mol. The van der Waals surface area contributed by atoms with E-state index in [-0.39, 0.29) is 10.8 Å². The summed E-state index contributed by atoms with van der Waals surface area (Å²) in [5, 5.41) is 12.0. The summed E-state index contributed by atoms with van der Waals surface area (Å²) in [5.41, 5.74) is 0. The van der Waals surface area contributed by atoms with Crippen LogP contribution in [0.2, 0.25) is 0 Å². The van der Waals surface area contributed by atoms with Gasteiger partial charge in [-0.25, -0.2) is 9.59 Å². The number of hydrogen-bond donors (Lipinski definition) is 2. The number of rotatable bonds is 4. The molecule has 2 N–H and O–H groups in total. The quantitative estimate of drug-likeness (QED) is 0.828. The molecule has 5 nitrogen and oxygen atoms in total. The number of carboxylic acid groups (broad SMARTS) is 1. The molecular formula is C13H22N2O3S. The van der Waals surface area contributed by atoms with Crippen LogP contribution >= 0.6 is 11.8 Å². The lowest BCUT2D eigenvalue weighted by Crippen LogP contribution is -2.49. The van der Waals surface area contributed by atoms with Crippen LogP contribution in [0.3, 0.4) is 0 Å². The molecule has 0 spiro atoms. The normalized spacial score (nSPS) is 25.5. The van der Waals surface area contributed by atoms with Gasteiger partial charge in [-0.05, 0) is 31.9 Å². The van der Waals surface area contributed by atoms with Crippen molar-refractivity contribution in [1.29, 1.82) is 0 Å². The Morgan fingerprint density at radius 2 is 2.05 bits per heavy atom. The second-order valence-electron chi connectivity index (χ2n) is 5.44. The third kappa shape index (κ3) is 3.16. The molecule has 0 bridgehead atoms. The van der Waals surface area contributed by atoms with Gasteiger partial charge in [0.15, 0.2) is 0 Å². The fourth-order valence-electron chi connectivity index (χ4n) is 3.08. The first-order valence-corrected chi connectivity index (χ1v) is 8.13. The number of amides is 2. The minimum absolute atomic E-state index is 0.161. The Balaban J connectivity index is 1.88. The summed E-state index contributed by atoms with van der Waals surface area (Å²) in [6.45, 7) is 1.20. The van der Waals surface area contributed by atoms with Crippen LogP contribution in [0, 0.1) is 0 Å². The third-order valence-corrected chi connectivity index (χ3v) is 5.73.